The van der Waals surface area contributed by atoms with Crippen molar-refractivity contribution in [1.82, 2.24) is 15.5 Å². The summed E-state index contributed by atoms with van der Waals surface area (Å²) in [5.41, 5.74) is -14.8. The van der Waals surface area contributed by atoms with Crippen molar-refractivity contribution >= 4 is 23.6 Å². The van der Waals surface area contributed by atoms with Crippen LogP contribution in [0.2, 0.25) is 0 Å². The zero-order valence-electron chi connectivity index (χ0n) is 51.7. The van der Waals surface area contributed by atoms with Crippen LogP contribution in [0.25, 0.3) is 0 Å². The number of carbonyl (C=O) groups excluding carboxylic acids is 4. The van der Waals surface area contributed by atoms with Gasteiger partial charge in [-0.3, -0.25) is 19.2 Å². The highest BCUT2D eigenvalue weighted by Crippen LogP contribution is 2.71. The van der Waals surface area contributed by atoms with Gasteiger partial charge in [-0.1, -0.05) is 40.7 Å². The van der Waals surface area contributed by atoms with E-state index in [4.69, 9.17) is 28.4 Å². The van der Waals surface area contributed by atoms with Crippen molar-refractivity contribution in [2.45, 2.75) is 261 Å². The predicted octanol–water partition coefficient (Wildman–Crippen LogP) is 3.65. The molecule has 0 aromatic rings. The molecule has 0 radical (unpaired) electrons. The number of methoxy groups -OCH3 is 1. The normalized spacial score (nSPS) is 50.9. The summed E-state index contributed by atoms with van der Waals surface area (Å²) in [4.78, 5) is 57.2. The number of cyclic esters (lactones) is 1. The monoisotopic (exact) mass is 1180 g/mol. The molecule has 2 amide bonds. The first-order valence-corrected chi connectivity index (χ1v) is 30.1. The molecule has 20 nitrogen and oxygen atoms in total. The fourth-order valence-electron chi connectivity index (χ4n) is 16.5. The number of ether oxygens (including phenoxy) is 6. The molecule has 9 N–H and O–H groups in total. The van der Waals surface area contributed by atoms with E-state index in [1.54, 1.807) is 55.4 Å². The van der Waals surface area contributed by atoms with Crippen LogP contribution in [0, 0.1) is 46.3 Å². The summed E-state index contributed by atoms with van der Waals surface area (Å²) in [7, 11) is 5.04. The van der Waals surface area contributed by atoms with Crippen LogP contribution in [0.1, 0.15) is 148 Å². The summed E-state index contributed by atoms with van der Waals surface area (Å²) < 4.78 is 72.6. The van der Waals surface area contributed by atoms with Gasteiger partial charge in [-0.05, 0) is 150 Å². The van der Waals surface area contributed by atoms with E-state index in [9.17, 15) is 54.9 Å². The third-order valence-electron chi connectivity index (χ3n) is 21.8. The van der Waals surface area contributed by atoms with E-state index in [1.165, 1.54) is 47.0 Å². The van der Waals surface area contributed by atoms with Gasteiger partial charge in [-0.2, -0.15) is 0 Å². The molecule has 4 aliphatic carbocycles. The SMILES string of the molecule is CC[C@H]1OC(=O)[C@H](C)[C@@H](OC2C[C@@](C)(OC)[C@](O)(CCCNC(=O)[C@@]3(O)[C@H](C)CC4C5C[C@H](F)C6=CC(=O)C=C[C@]6(C)[C@@]5(F)[C@@H](O)C[C@@]43C)[C@H](C)O2)[C@H](C)[C@@H](OC2O[C@H](C)C[C@H](N(C)C)[C@H]2O)[C@](C)(O)C[C@@H](C)C(=O)N[C@H](C)[C@@H](O)[C@]1(C)O. The van der Waals surface area contributed by atoms with E-state index in [-0.39, 0.29) is 63.5 Å². The van der Waals surface area contributed by atoms with Gasteiger partial charge in [0.05, 0.1) is 48.1 Å². The van der Waals surface area contributed by atoms with Crippen LogP contribution in [0.3, 0.4) is 0 Å². The molecule has 7 aliphatic rings. The number of alkyl halides is 2. The van der Waals surface area contributed by atoms with Crippen LogP contribution in [0.15, 0.2) is 23.8 Å². The number of carbonyl (C=O) groups is 4. The highest BCUT2D eigenvalue weighted by atomic mass is 19.1. The number of aliphatic hydroxyl groups excluding tert-OH is 3. The summed E-state index contributed by atoms with van der Waals surface area (Å²) in [5.74, 6) is -8.37. The Morgan fingerprint density at radius 1 is 0.892 bits per heavy atom. The molecule has 4 unspecified atom stereocenters. The smallest absolute Gasteiger partial charge is 0.311 e. The minimum absolute atomic E-state index is 0.0247. The molecular weight excluding hydrogens is 1080 g/mol. The van der Waals surface area contributed by atoms with Crippen molar-refractivity contribution in [1.29, 1.82) is 0 Å². The van der Waals surface area contributed by atoms with Crippen molar-refractivity contribution in [2.24, 2.45) is 46.3 Å². The molecule has 0 bridgehead atoms. The molecular formula is C61H99F2N3O17. The average Bonchev–Trinajstić information content (AvgIpc) is 1.67. The van der Waals surface area contributed by atoms with E-state index in [2.05, 4.69) is 10.6 Å². The van der Waals surface area contributed by atoms with Gasteiger partial charge in [0.1, 0.15) is 41.3 Å². The third-order valence-corrected chi connectivity index (χ3v) is 21.8. The molecule has 7 rings (SSSR count). The number of nitrogens with one attached hydrogen (secondary N) is 2. The maximum Gasteiger partial charge on any atom is 0.311 e. The Hall–Kier alpha value is -3.10. The molecule has 474 valence electrons. The fourth-order valence-corrected chi connectivity index (χ4v) is 16.5. The topological polar surface area (TPSA) is 293 Å². The lowest BCUT2D eigenvalue weighted by Crippen LogP contribution is -2.71. The number of halogens is 2. The molecule has 3 saturated carbocycles. The minimum atomic E-state index is -2.39. The van der Waals surface area contributed by atoms with Gasteiger partial charge in [0.15, 0.2) is 29.6 Å². The quantitative estimate of drug-likeness (QED) is 0.0996. The number of ketones is 1. The van der Waals surface area contributed by atoms with Crippen LogP contribution < -0.4 is 10.6 Å². The van der Waals surface area contributed by atoms with E-state index >= 15 is 8.78 Å². The number of esters is 1. The summed E-state index contributed by atoms with van der Waals surface area (Å²) in [6.45, 7) is 20.7. The Balaban J connectivity index is 1.13. The van der Waals surface area contributed by atoms with Gasteiger partial charge in [-0.25, -0.2) is 8.78 Å². The number of hydrogen-bond donors (Lipinski definition) is 9. The number of aliphatic hydroxyl groups is 7. The highest BCUT2D eigenvalue weighted by molar-refractivity contribution is 6.01. The van der Waals surface area contributed by atoms with E-state index in [0.29, 0.717) is 6.42 Å². The summed E-state index contributed by atoms with van der Waals surface area (Å²) in [6, 6.07) is -1.46. The van der Waals surface area contributed by atoms with Crippen molar-refractivity contribution < 1.29 is 92.1 Å². The summed E-state index contributed by atoms with van der Waals surface area (Å²) >= 11 is 0. The molecule has 6 fully saturated rings. The highest BCUT2D eigenvalue weighted by Gasteiger charge is 2.77. The van der Waals surface area contributed by atoms with Gasteiger partial charge in [0.2, 0.25) is 5.91 Å². The van der Waals surface area contributed by atoms with Crippen LogP contribution in [-0.2, 0) is 47.6 Å². The third kappa shape index (κ3) is 11.4. The Morgan fingerprint density at radius 3 is 2.16 bits per heavy atom. The van der Waals surface area contributed by atoms with E-state index in [1.807, 2.05) is 25.9 Å². The second-order valence-electron chi connectivity index (χ2n) is 27.5. The fraction of sp³-hybridized carbons (Fsp3) is 0.869. The number of fused-ring (bicyclic) bond motifs is 5. The minimum Gasteiger partial charge on any atom is -0.459 e. The summed E-state index contributed by atoms with van der Waals surface area (Å²) in [5, 5.41) is 90.6. The molecule has 0 aromatic carbocycles. The van der Waals surface area contributed by atoms with Gasteiger partial charge in [-0.15, -0.1) is 0 Å². The maximum absolute atomic E-state index is 17.9. The van der Waals surface area contributed by atoms with Gasteiger partial charge >= 0.3 is 5.97 Å². The van der Waals surface area contributed by atoms with Crippen molar-refractivity contribution in [3.63, 3.8) is 0 Å². The second kappa shape index (κ2) is 24.1. The number of allylic oxidation sites excluding steroid dienone is 4. The standard InChI is InChI=1S/C61H99F2N3O17/c1-17-44-58(13,75)48(70)35(7)65-50(71)30(2)27-56(11,74)49(83-52-46(69)42(66(14)15)24-32(4)79-52)33(5)47(34(6)51(72)81-44)82-45-29-57(12,78-16)59(76,36(8)80-45)20-18-22-64-53(73)61(77)31(3)23-38-39-26-41(62)40-25-37(67)19-21-54(40,9)60(39,63)43(68)28-55(38,61)10/h19,21,25,30-36,38-39,41-49,52,68-70,74-77H,17-18,20,22-24,26-29H2,1-16H3,(H,64,73)(H,65,71)/t30-,31-,32-,33+,34-,35-,36+,38?,39?,41+,42+,43+,44-,45?,46-,47+,48-,49-,52?,54+,55+,56-,57-,58-,59+,60+,61+/m1/s1. The van der Waals surface area contributed by atoms with E-state index < -0.39 is 183 Å². The number of likely N-dealkylation sites (N-methyl/N-ethyl adjacent to an activating group) is 1. The zero-order chi connectivity index (χ0) is 62.3. The second-order valence-corrected chi connectivity index (χ2v) is 27.5. The first-order chi connectivity index (χ1) is 38.3. The van der Waals surface area contributed by atoms with Gasteiger partial charge < -0.3 is 79.7 Å². The van der Waals surface area contributed by atoms with Crippen molar-refractivity contribution in [3.8, 4) is 0 Å². The lowest BCUT2D eigenvalue weighted by molar-refractivity contribution is -0.338. The van der Waals surface area contributed by atoms with Crippen LogP contribution in [0.4, 0.5) is 8.78 Å². The molecule has 3 saturated heterocycles. The molecule has 0 aromatic heterocycles. The zero-order valence-corrected chi connectivity index (χ0v) is 51.7. The Morgan fingerprint density at radius 2 is 1.54 bits per heavy atom. The molecule has 3 heterocycles. The Bertz CT molecular complexity index is 2450. The van der Waals surface area contributed by atoms with Crippen molar-refractivity contribution in [3.05, 3.63) is 23.8 Å². The Kier molecular flexibility index (Phi) is 19.6. The largest absolute Gasteiger partial charge is 0.459 e. The van der Waals surface area contributed by atoms with Crippen LogP contribution >= 0.6 is 0 Å². The number of nitrogens with zero attached hydrogens (tertiary/aromatic N) is 1. The average molecular weight is 1180 g/mol. The van der Waals surface area contributed by atoms with E-state index in [0.717, 1.165) is 6.08 Å². The molecule has 3 aliphatic heterocycles. The number of amides is 2. The van der Waals surface area contributed by atoms with Gasteiger partial charge in [0.25, 0.3) is 5.91 Å². The molecule has 22 heteroatoms. The summed E-state index contributed by atoms with van der Waals surface area (Å²) in [6.07, 6.45) is -10.8. The lowest BCUT2D eigenvalue weighted by Gasteiger charge is -2.63. The molecule has 83 heavy (non-hydrogen) atoms. The number of hydrogen-bond acceptors (Lipinski definition) is 18. The Labute approximate surface area is 488 Å². The van der Waals surface area contributed by atoms with Crippen molar-refractivity contribution in [2.75, 3.05) is 27.7 Å². The molecule has 0 spiro atoms. The predicted molar refractivity (Wildman–Crippen MR) is 299 cm³/mol. The van der Waals surface area contributed by atoms with Gasteiger partial charge in [0, 0.05) is 54.7 Å². The first kappa shape index (κ1) is 67.4. The molecule has 27 atom stereocenters. The number of rotatable bonds is 12. The lowest BCUT2D eigenvalue weighted by atomic mass is 9.44. The van der Waals surface area contributed by atoms with Crippen LogP contribution in [0.5, 0.6) is 0 Å². The first-order valence-electron chi connectivity index (χ1n) is 30.1. The maximum atomic E-state index is 17.9. The van der Waals surface area contributed by atoms with Crippen LogP contribution in [-0.4, -0.2) is 205 Å².